The minimum atomic E-state index is 0.644. The van der Waals surface area contributed by atoms with Gasteiger partial charge in [-0.1, -0.05) is 29.5 Å². The lowest BCUT2D eigenvalue weighted by Crippen LogP contribution is -1.82. The topological polar surface area (TPSA) is 36.7 Å². The van der Waals surface area contributed by atoms with E-state index in [1.165, 1.54) is 5.56 Å². The van der Waals surface area contributed by atoms with Gasteiger partial charge in [0, 0.05) is 11.1 Å². The summed E-state index contributed by atoms with van der Waals surface area (Å²) >= 11 is 1.57. The molecule has 2 nitrogen and oxygen atoms in total. The van der Waals surface area contributed by atoms with Gasteiger partial charge in [0.2, 0.25) is 0 Å². The number of benzene rings is 1. The fourth-order valence-electron chi connectivity index (χ4n) is 1.33. The third-order valence-electron chi connectivity index (χ3n) is 2.08. The van der Waals surface area contributed by atoms with E-state index in [9.17, 15) is 0 Å². The maximum atomic E-state index is 8.79. The third-order valence-corrected chi connectivity index (χ3v) is 3.00. The van der Waals surface area contributed by atoms with Crippen LogP contribution in [0.3, 0.4) is 0 Å². The van der Waals surface area contributed by atoms with E-state index in [-0.39, 0.29) is 0 Å². The average Bonchev–Trinajstić information content (AvgIpc) is 2.29. The number of hydrogen-bond donors (Lipinski definition) is 0. The van der Waals surface area contributed by atoms with Crippen LogP contribution in [-0.2, 0) is 0 Å². The average molecular weight is 226 g/mol. The van der Waals surface area contributed by atoms with E-state index >= 15 is 0 Å². The molecule has 78 valence electrons. The van der Waals surface area contributed by atoms with Crippen molar-refractivity contribution in [2.24, 2.45) is 0 Å². The number of aromatic nitrogens is 1. The zero-order chi connectivity index (χ0) is 11.4. The molecular formula is C13H10N2S. The Bertz CT molecular complexity index is 544. The lowest BCUT2D eigenvalue weighted by atomic mass is 10.2. The van der Waals surface area contributed by atoms with Crippen LogP contribution in [0.2, 0.25) is 0 Å². The number of nitriles is 1. The summed E-state index contributed by atoms with van der Waals surface area (Å²) in [5, 5.41) is 9.64. The van der Waals surface area contributed by atoms with E-state index in [4.69, 9.17) is 5.26 Å². The Morgan fingerprint density at radius 2 is 2.12 bits per heavy atom. The van der Waals surface area contributed by atoms with Gasteiger partial charge in [0.1, 0.15) is 5.03 Å². The van der Waals surface area contributed by atoms with Crippen molar-refractivity contribution in [2.45, 2.75) is 16.8 Å². The molecule has 0 N–H and O–H groups in total. The molecule has 0 saturated heterocycles. The van der Waals surface area contributed by atoms with Crippen LogP contribution in [0.15, 0.2) is 52.5 Å². The summed E-state index contributed by atoms with van der Waals surface area (Å²) in [5.74, 6) is 0. The lowest BCUT2D eigenvalue weighted by molar-refractivity contribution is 1.12. The van der Waals surface area contributed by atoms with Crippen molar-refractivity contribution >= 4 is 11.8 Å². The highest BCUT2D eigenvalue weighted by atomic mass is 32.2. The molecule has 0 bridgehead atoms. The Kier molecular flexibility index (Phi) is 3.23. The lowest BCUT2D eigenvalue weighted by Gasteiger charge is -2.01. The summed E-state index contributed by atoms with van der Waals surface area (Å²) in [5.41, 5.74) is 1.87. The zero-order valence-corrected chi connectivity index (χ0v) is 9.66. The molecule has 1 heterocycles. The van der Waals surface area contributed by atoms with Gasteiger partial charge in [0.15, 0.2) is 0 Å². The number of nitrogens with zero attached hydrogens (tertiary/aromatic N) is 2. The highest BCUT2D eigenvalue weighted by Crippen LogP contribution is 2.26. The van der Waals surface area contributed by atoms with Crippen LogP contribution in [0.25, 0.3) is 0 Å². The quantitative estimate of drug-likeness (QED) is 0.787. The van der Waals surface area contributed by atoms with E-state index in [1.54, 1.807) is 30.1 Å². The molecule has 0 fully saturated rings. The summed E-state index contributed by atoms with van der Waals surface area (Å²) in [6.45, 7) is 2.06. The second kappa shape index (κ2) is 4.82. The van der Waals surface area contributed by atoms with Crippen LogP contribution in [0.4, 0.5) is 0 Å². The first-order chi connectivity index (χ1) is 7.78. The first kappa shape index (κ1) is 10.7. The van der Waals surface area contributed by atoms with Crippen LogP contribution in [0, 0.1) is 18.3 Å². The van der Waals surface area contributed by atoms with Gasteiger partial charge in [0.05, 0.1) is 11.6 Å². The summed E-state index contributed by atoms with van der Waals surface area (Å²) in [4.78, 5) is 5.37. The standard InChI is InChI=1S/C13H10N2S/c1-10-3-2-4-12(7-10)16-13-8-11(9-14)5-6-15-13/h2-8H,1H3. The fourth-order valence-corrected chi connectivity index (χ4v) is 2.27. The Balaban J connectivity index is 2.24. The molecule has 0 aliphatic rings. The SMILES string of the molecule is Cc1cccc(Sc2cc(C#N)ccn2)c1. The van der Waals surface area contributed by atoms with Gasteiger partial charge in [-0.15, -0.1) is 0 Å². The number of pyridine rings is 1. The Morgan fingerprint density at radius 3 is 2.88 bits per heavy atom. The molecule has 2 rings (SSSR count). The Labute approximate surface area is 99.0 Å². The minimum Gasteiger partial charge on any atom is -0.250 e. The van der Waals surface area contributed by atoms with Crippen LogP contribution in [0.5, 0.6) is 0 Å². The van der Waals surface area contributed by atoms with Crippen molar-refractivity contribution in [3.8, 4) is 6.07 Å². The minimum absolute atomic E-state index is 0.644. The van der Waals surface area contributed by atoms with Gasteiger partial charge in [-0.25, -0.2) is 4.98 Å². The van der Waals surface area contributed by atoms with E-state index < -0.39 is 0 Å². The van der Waals surface area contributed by atoms with Gasteiger partial charge in [0.25, 0.3) is 0 Å². The van der Waals surface area contributed by atoms with Gasteiger partial charge >= 0.3 is 0 Å². The Morgan fingerprint density at radius 1 is 1.25 bits per heavy atom. The number of hydrogen-bond acceptors (Lipinski definition) is 3. The second-order valence-electron chi connectivity index (χ2n) is 3.41. The first-order valence-electron chi connectivity index (χ1n) is 4.88. The predicted octanol–water partition coefficient (Wildman–Crippen LogP) is 3.41. The van der Waals surface area contributed by atoms with Crippen molar-refractivity contribution in [3.05, 3.63) is 53.7 Å². The van der Waals surface area contributed by atoms with Crippen LogP contribution >= 0.6 is 11.8 Å². The highest BCUT2D eigenvalue weighted by molar-refractivity contribution is 7.99. The van der Waals surface area contributed by atoms with Crippen LogP contribution < -0.4 is 0 Å². The molecule has 0 aliphatic carbocycles. The molecule has 0 spiro atoms. The zero-order valence-electron chi connectivity index (χ0n) is 8.84. The van der Waals surface area contributed by atoms with Crippen molar-refractivity contribution in [1.29, 1.82) is 5.26 Å². The van der Waals surface area contributed by atoms with Crippen LogP contribution in [0.1, 0.15) is 11.1 Å². The smallest absolute Gasteiger partial charge is 0.102 e. The van der Waals surface area contributed by atoms with E-state index in [2.05, 4.69) is 30.1 Å². The van der Waals surface area contributed by atoms with Crippen molar-refractivity contribution in [2.75, 3.05) is 0 Å². The molecule has 0 unspecified atom stereocenters. The number of aryl methyl sites for hydroxylation is 1. The summed E-state index contributed by atoms with van der Waals surface area (Å²) < 4.78 is 0. The third kappa shape index (κ3) is 2.62. The summed E-state index contributed by atoms with van der Waals surface area (Å²) in [6.07, 6.45) is 1.66. The molecule has 0 saturated carbocycles. The second-order valence-corrected chi connectivity index (χ2v) is 4.51. The van der Waals surface area contributed by atoms with E-state index in [0.717, 1.165) is 9.92 Å². The molecule has 3 heteroatoms. The van der Waals surface area contributed by atoms with Gasteiger partial charge in [-0.05, 0) is 31.2 Å². The maximum absolute atomic E-state index is 8.79. The molecule has 16 heavy (non-hydrogen) atoms. The summed E-state index contributed by atoms with van der Waals surface area (Å²) in [6, 6.07) is 13.8. The van der Waals surface area contributed by atoms with E-state index in [0.29, 0.717) is 5.56 Å². The predicted molar refractivity (Wildman–Crippen MR) is 64.3 cm³/mol. The molecule has 0 radical (unpaired) electrons. The Hall–Kier alpha value is -1.79. The van der Waals surface area contributed by atoms with E-state index in [1.807, 2.05) is 12.1 Å². The number of rotatable bonds is 2. The largest absolute Gasteiger partial charge is 0.250 e. The van der Waals surface area contributed by atoms with Crippen molar-refractivity contribution in [3.63, 3.8) is 0 Å². The monoisotopic (exact) mass is 226 g/mol. The van der Waals surface area contributed by atoms with Crippen molar-refractivity contribution < 1.29 is 0 Å². The fraction of sp³-hybridized carbons (Fsp3) is 0.0769. The molecule has 2 aromatic rings. The van der Waals surface area contributed by atoms with Gasteiger partial charge in [-0.3, -0.25) is 0 Å². The highest BCUT2D eigenvalue weighted by Gasteiger charge is 2.00. The normalized spacial score (nSPS) is 9.75. The molecule has 0 atom stereocenters. The van der Waals surface area contributed by atoms with Crippen molar-refractivity contribution in [1.82, 2.24) is 4.98 Å². The van der Waals surface area contributed by atoms with Gasteiger partial charge in [-0.2, -0.15) is 5.26 Å². The molecule has 0 aliphatic heterocycles. The first-order valence-corrected chi connectivity index (χ1v) is 5.70. The molecule has 0 amide bonds. The van der Waals surface area contributed by atoms with Gasteiger partial charge < -0.3 is 0 Å². The molecule has 1 aromatic carbocycles. The van der Waals surface area contributed by atoms with Crippen LogP contribution in [-0.4, -0.2) is 4.98 Å². The summed E-state index contributed by atoms with van der Waals surface area (Å²) in [7, 11) is 0. The maximum Gasteiger partial charge on any atom is 0.102 e. The molecule has 1 aromatic heterocycles. The molecular weight excluding hydrogens is 216 g/mol.